The van der Waals surface area contributed by atoms with Crippen LogP contribution < -0.4 is 0 Å². The lowest BCUT2D eigenvalue weighted by Crippen LogP contribution is -2.01. The van der Waals surface area contributed by atoms with Crippen LogP contribution >= 0.6 is 23.2 Å². The molecule has 0 saturated carbocycles. The highest BCUT2D eigenvalue weighted by Gasteiger charge is 2.16. The summed E-state index contributed by atoms with van der Waals surface area (Å²) < 4.78 is 0. The van der Waals surface area contributed by atoms with Crippen molar-refractivity contribution in [1.82, 2.24) is 4.98 Å². The number of H-pyrrole nitrogens is 1. The average Bonchev–Trinajstić information content (AvgIpc) is 2.55. The van der Waals surface area contributed by atoms with E-state index in [-0.39, 0.29) is 11.7 Å². The van der Waals surface area contributed by atoms with Crippen LogP contribution in [0.25, 0.3) is 10.9 Å². The standard InChI is InChI=1S/C11H9Cl2NO/c1-6-10(9(15)5-12)11-7(13)3-2-4-8(11)14-6/h2-4,14H,5H2,1H3. The summed E-state index contributed by atoms with van der Waals surface area (Å²) in [4.78, 5) is 14.8. The van der Waals surface area contributed by atoms with Gasteiger partial charge in [0.1, 0.15) is 0 Å². The van der Waals surface area contributed by atoms with Crippen LogP contribution in [0.3, 0.4) is 0 Å². The zero-order valence-electron chi connectivity index (χ0n) is 8.10. The lowest BCUT2D eigenvalue weighted by atomic mass is 10.1. The molecule has 0 atom stereocenters. The Morgan fingerprint density at radius 1 is 1.47 bits per heavy atom. The molecule has 78 valence electrons. The van der Waals surface area contributed by atoms with Gasteiger partial charge < -0.3 is 4.98 Å². The van der Waals surface area contributed by atoms with Gasteiger partial charge in [-0.2, -0.15) is 0 Å². The SMILES string of the molecule is Cc1[nH]c2cccc(Cl)c2c1C(=O)CCl. The Morgan fingerprint density at radius 3 is 2.87 bits per heavy atom. The monoisotopic (exact) mass is 241 g/mol. The van der Waals surface area contributed by atoms with E-state index >= 15 is 0 Å². The van der Waals surface area contributed by atoms with Crippen molar-refractivity contribution in [2.45, 2.75) is 6.92 Å². The van der Waals surface area contributed by atoms with Crippen LogP contribution in [0.15, 0.2) is 18.2 Å². The van der Waals surface area contributed by atoms with Crippen LogP contribution in [0.1, 0.15) is 16.1 Å². The number of alkyl halides is 1. The molecule has 0 unspecified atom stereocenters. The van der Waals surface area contributed by atoms with E-state index in [0.717, 1.165) is 16.6 Å². The second-order valence-corrected chi connectivity index (χ2v) is 4.02. The number of hydrogen-bond donors (Lipinski definition) is 1. The van der Waals surface area contributed by atoms with Crippen LogP contribution in [-0.4, -0.2) is 16.6 Å². The molecule has 0 amide bonds. The average molecular weight is 242 g/mol. The molecule has 2 rings (SSSR count). The number of nitrogens with one attached hydrogen (secondary N) is 1. The van der Waals surface area contributed by atoms with Gasteiger partial charge in [0.05, 0.1) is 10.9 Å². The number of ketones is 1. The maximum Gasteiger partial charge on any atom is 0.180 e. The fourth-order valence-electron chi connectivity index (χ4n) is 1.75. The molecule has 0 saturated heterocycles. The normalized spacial score (nSPS) is 10.9. The maximum atomic E-state index is 11.7. The van der Waals surface area contributed by atoms with Crippen molar-refractivity contribution in [3.63, 3.8) is 0 Å². The predicted octanol–water partition coefficient (Wildman–Crippen LogP) is 3.55. The van der Waals surface area contributed by atoms with Crippen LogP contribution in [0.2, 0.25) is 5.02 Å². The van der Waals surface area contributed by atoms with Crippen molar-refractivity contribution >= 4 is 39.9 Å². The van der Waals surface area contributed by atoms with E-state index in [2.05, 4.69) is 4.98 Å². The molecule has 0 aliphatic carbocycles. The zero-order chi connectivity index (χ0) is 11.0. The summed E-state index contributed by atoms with van der Waals surface area (Å²) >= 11 is 11.6. The van der Waals surface area contributed by atoms with Crippen molar-refractivity contribution in [1.29, 1.82) is 0 Å². The highest BCUT2D eigenvalue weighted by Crippen LogP contribution is 2.29. The second-order valence-electron chi connectivity index (χ2n) is 3.34. The molecular formula is C11H9Cl2NO. The van der Waals surface area contributed by atoms with Crippen molar-refractivity contribution in [2.75, 3.05) is 5.88 Å². The molecule has 0 fully saturated rings. The fraction of sp³-hybridized carbons (Fsp3) is 0.182. The zero-order valence-corrected chi connectivity index (χ0v) is 9.62. The van der Waals surface area contributed by atoms with Gasteiger partial charge in [-0.3, -0.25) is 4.79 Å². The molecule has 15 heavy (non-hydrogen) atoms. The highest BCUT2D eigenvalue weighted by atomic mass is 35.5. The van der Waals surface area contributed by atoms with Gasteiger partial charge in [-0.15, -0.1) is 11.6 Å². The van der Waals surface area contributed by atoms with Gasteiger partial charge in [0.25, 0.3) is 0 Å². The number of aromatic nitrogens is 1. The lowest BCUT2D eigenvalue weighted by molar-refractivity contribution is 0.102. The number of carbonyl (C=O) groups excluding carboxylic acids is 1. The summed E-state index contributed by atoms with van der Waals surface area (Å²) in [5, 5.41) is 1.34. The number of Topliss-reactive ketones (excluding diaryl/α,β-unsaturated/α-hetero) is 1. The number of fused-ring (bicyclic) bond motifs is 1. The minimum absolute atomic E-state index is 0.0288. The van der Waals surface area contributed by atoms with Crippen molar-refractivity contribution < 1.29 is 4.79 Å². The molecule has 1 N–H and O–H groups in total. The van der Waals surface area contributed by atoms with E-state index in [9.17, 15) is 4.79 Å². The van der Waals surface area contributed by atoms with E-state index in [4.69, 9.17) is 23.2 Å². The van der Waals surface area contributed by atoms with E-state index in [1.54, 1.807) is 6.07 Å². The largest absolute Gasteiger partial charge is 0.358 e. The number of rotatable bonds is 2. The minimum Gasteiger partial charge on any atom is -0.358 e. The third-order valence-electron chi connectivity index (χ3n) is 2.36. The first-order chi connectivity index (χ1) is 7.15. The molecule has 2 aromatic rings. The smallest absolute Gasteiger partial charge is 0.180 e. The van der Waals surface area contributed by atoms with Gasteiger partial charge in [-0.05, 0) is 19.1 Å². The number of aryl methyl sites for hydroxylation is 1. The molecule has 0 aliphatic rings. The summed E-state index contributed by atoms with van der Waals surface area (Å²) in [5.74, 6) is -0.132. The Balaban J connectivity index is 2.82. The third kappa shape index (κ3) is 1.64. The minimum atomic E-state index is -0.103. The number of hydrogen-bond acceptors (Lipinski definition) is 1. The molecule has 1 heterocycles. The first-order valence-electron chi connectivity index (χ1n) is 4.51. The van der Waals surface area contributed by atoms with E-state index in [1.165, 1.54) is 0 Å². The third-order valence-corrected chi connectivity index (χ3v) is 2.92. The second kappa shape index (κ2) is 3.87. The van der Waals surface area contributed by atoms with Crippen molar-refractivity contribution in [2.24, 2.45) is 0 Å². The summed E-state index contributed by atoms with van der Waals surface area (Å²) in [6, 6.07) is 5.50. The van der Waals surface area contributed by atoms with Crippen molar-refractivity contribution in [3.05, 3.63) is 34.5 Å². The van der Waals surface area contributed by atoms with Gasteiger partial charge in [0.2, 0.25) is 0 Å². The number of halogens is 2. The number of aromatic amines is 1. The fourth-order valence-corrected chi connectivity index (χ4v) is 2.15. The van der Waals surface area contributed by atoms with Crippen LogP contribution in [0.4, 0.5) is 0 Å². The number of carbonyl (C=O) groups is 1. The maximum absolute atomic E-state index is 11.7. The molecule has 1 aromatic carbocycles. The van der Waals surface area contributed by atoms with Crippen molar-refractivity contribution in [3.8, 4) is 0 Å². The first-order valence-corrected chi connectivity index (χ1v) is 5.42. The van der Waals surface area contributed by atoms with Gasteiger partial charge in [-0.1, -0.05) is 17.7 Å². The first kappa shape index (κ1) is 10.5. The van der Waals surface area contributed by atoms with Crippen LogP contribution in [0, 0.1) is 6.92 Å². The van der Waals surface area contributed by atoms with Crippen LogP contribution in [0.5, 0.6) is 0 Å². The van der Waals surface area contributed by atoms with E-state index < -0.39 is 0 Å². The number of benzene rings is 1. The molecule has 1 aromatic heterocycles. The highest BCUT2D eigenvalue weighted by molar-refractivity contribution is 6.38. The Labute approximate surface area is 97.2 Å². The molecular weight excluding hydrogens is 233 g/mol. The Bertz CT molecular complexity index is 531. The van der Waals surface area contributed by atoms with Gasteiger partial charge >= 0.3 is 0 Å². The predicted molar refractivity (Wildman–Crippen MR) is 63.1 cm³/mol. The molecule has 0 radical (unpaired) electrons. The molecule has 0 aliphatic heterocycles. The Kier molecular flexibility index (Phi) is 2.72. The lowest BCUT2D eigenvalue weighted by Gasteiger charge is -1.98. The summed E-state index contributed by atoms with van der Waals surface area (Å²) in [6.45, 7) is 1.84. The Morgan fingerprint density at radius 2 is 2.20 bits per heavy atom. The molecule has 0 bridgehead atoms. The van der Waals surface area contributed by atoms with Gasteiger partial charge in [-0.25, -0.2) is 0 Å². The topological polar surface area (TPSA) is 32.9 Å². The summed E-state index contributed by atoms with van der Waals surface area (Å²) in [7, 11) is 0. The van der Waals surface area contributed by atoms with Crippen LogP contribution in [-0.2, 0) is 0 Å². The molecule has 2 nitrogen and oxygen atoms in total. The van der Waals surface area contributed by atoms with Gasteiger partial charge in [0, 0.05) is 22.2 Å². The van der Waals surface area contributed by atoms with E-state index in [1.807, 2.05) is 19.1 Å². The Hall–Kier alpha value is -0.990. The summed E-state index contributed by atoms with van der Waals surface area (Å²) in [5.41, 5.74) is 2.28. The quantitative estimate of drug-likeness (QED) is 0.633. The summed E-state index contributed by atoms with van der Waals surface area (Å²) in [6.07, 6.45) is 0. The van der Waals surface area contributed by atoms with E-state index in [0.29, 0.717) is 10.6 Å². The molecule has 4 heteroatoms. The van der Waals surface area contributed by atoms with Gasteiger partial charge in [0.15, 0.2) is 5.78 Å². The molecule has 0 spiro atoms.